The van der Waals surface area contributed by atoms with Gasteiger partial charge in [0.05, 0.1) is 23.2 Å². The first-order chi connectivity index (χ1) is 9.27. The van der Waals surface area contributed by atoms with Crippen molar-refractivity contribution in [3.63, 3.8) is 0 Å². The highest BCUT2D eigenvalue weighted by molar-refractivity contribution is 9.10. The first-order valence-corrected chi connectivity index (χ1v) is 6.69. The second-order valence-corrected chi connectivity index (χ2v) is 5.91. The summed E-state index contributed by atoms with van der Waals surface area (Å²) in [6.07, 6.45) is 1.77. The molecule has 0 aliphatic carbocycles. The van der Waals surface area contributed by atoms with E-state index in [9.17, 15) is 10.1 Å². The number of nitrogens with zero attached hydrogens (tertiary/aromatic N) is 4. The molecule has 0 saturated carbocycles. The zero-order chi connectivity index (χ0) is 14.9. The van der Waals surface area contributed by atoms with Crippen molar-refractivity contribution in [1.82, 2.24) is 15.0 Å². The van der Waals surface area contributed by atoms with Crippen molar-refractivity contribution in [2.24, 2.45) is 5.73 Å². The molecule has 0 saturated heterocycles. The smallest absolute Gasteiger partial charge is 0.270 e. The largest absolute Gasteiger partial charge is 0.320 e. The number of hydrogen-bond donors (Lipinski definition) is 1. The standard InChI is InChI=1S/C12H14BrN5O2/c1-12(2,14)11-7-17(16-15-11)6-8-3-4-9(18(19)20)5-10(8)13/h3-5,7H,6,14H2,1-2H3. The van der Waals surface area contributed by atoms with Crippen LogP contribution in [0.15, 0.2) is 28.9 Å². The molecule has 0 atom stereocenters. The van der Waals surface area contributed by atoms with Crippen LogP contribution in [0.25, 0.3) is 0 Å². The normalized spacial score (nSPS) is 11.6. The topological polar surface area (TPSA) is 99.9 Å². The van der Waals surface area contributed by atoms with Gasteiger partial charge in [0.25, 0.3) is 5.69 Å². The molecule has 8 heteroatoms. The molecule has 2 N–H and O–H groups in total. The van der Waals surface area contributed by atoms with E-state index in [1.54, 1.807) is 16.9 Å². The second-order valence-electron chi connectivity index (χ2n) is 5.06. The van der Waals surface area contributed by atoms with Crippen molar-refractivity contribution in [3.8, 4) is 0 Å². The van der Waals surface area contributed by atoms with Crippen LogP contribution in [-0.4, -0.2) is 19.9 Å². The van der Waals surface area contributed by atoms with Gasteiger partial charge in [-0.05, 0) is 25.5 Å². The van der Waals surface area contributed by atoms with Gasteiger partial charge in [-0.1, -0.05) is 21.1 Å². The van der Waals surface area contributed by atoms with Crippen LogP contribution < -0.4 is 5.73 Å². The third-order valence-corrected chi connectivity index (χ3v) is 3.52. The quantitative estimate of drug-likeness (QED) is 0.679. The number of non-ortho nitro benzene ring substituents is 1. The van der Waals surface area contributed by atoms with Gasteiger partial charge in [-0.2, -0.15) is 0 Å². The maximum Gasteiger partial charge on any atom is 0.270 e. The van der Waals surface area contributed by atoms with Crippen LogP contribution in [-0.2, 0) is 12.1 Å². The summed E-state index contributed by atoms with van der Waals surface area (Å²) in [7, 11) is 0. The van der Waals surface area contributed by atoms with Gasteiger partial charge in [-0.25, -0.2) is 4.68 Å². The Labute approximate surface area is 124 Å². The third-order valence-electron chi connectivity index (χ3n) is 2.78. The Morgan fingerprint density at radius 1 is 1.50 bits per heavy atom. The molecule has 20 heavy (non-hydrogen) atoms. The van der Waals surface area contributed by atoms with E-state index in [0.29, 0.717) is 16.7 Å². The molecule has 0 radical (unpaired) electrons. The number of rotatable bonds is 4. The minimum atomic E-state index is -0.551. The fourth-order valence-corrected chi connectivity index (χ4v) is 2.12. The Bertz CT molecular complexity index is 648. The van der Waals surface area contributed by atoms with Crippen LogP contribution in [0, 0.1) is 10.1 Å². The molecule has 2 rings (SSSR count). The van der Waals surface area contributed by atoms with E-state index in [-0.39, 0.29) is 5.69 Å². The van der Waals surface area contributed by atoms with Gasteiger partial charge < -0.3 is 5.73 Å². The number of hydrogen-bond acceptors (Lipinski definition) is 5. The number of aromatic nitrogens is 3. The third kappa shape index (κ3) is 3.20. The van der Waals surface area contributed by atoms with Gasteiger partial charge in [-0.3, -0.25) is 10.1 Å². The molecule has 0 aliphatic rings. The molecule has 7 nitrogen and oxygen atoms in total. The van der Waals surface area contributed by atoms with Crippen molar-refractivity contribution >= 4 is 21.6 Å². The fourth-order valence-electron chi connectivity index (χ4n) is 1.62. The van der Waals surface area contributed by atoms with Crippen molar-refractivity contribution in [2.45, 2.75) is 25.9 Å². The lowest BCUT2D eigenvalue weighted by Crippen LogP contribution is -2.29. The van der Waals surface area contributed by atoms with Crippen LogP contribution >= 0.6 is 15.9 Å². The summed E-state index contributed by atoms with van der Waals surface area (Å²) in [5, 5.41) is 18.7. The molecule has 106 valence electrons. The highest BCUT2D eigenvalue weighted by Crippen LogP contribution is 2.24. The minimum absolute atomic E-state index is 0.0444. The van der Waals surface area contributed by atoms with Gasteiger partial charge in [0.15, 0.2) is 0 Å². The Hall–Kier alpha value is -1.80. The van der Waals surface area contributed by atoms with Crippen LogP contribution in [0.4, 0.5) is 5.69 Å². The molecule has 0 spiro atoms. The Kier molecular flexibility index (Phi) is 3.87. The van der Waals surface area contributed by atoms with Gasteiger partial charge in [0, 0.05) is 16.6 Å². The van der Waals surface area contributed by atoms with E-state index in [1.807, 2.05) is 13.8 Å². The highest BCUT2D eigenvalue weighted by atomic mass is 79.9. The summed E-state index contributed by atoms with van der Waals surface area (Å²) >= 11 is 3.33. The molecular formula is C12H14BrN5O2. The molecule has 0 amide bonds. The zero-order valence-corrected chi connectivity index (χ0v) is 12.7. The van der Waals surface area contributed by atoms with Crippen molar-refractivity contribution in [1.29, 1.82) is 0 Å². The lowest BCUT2D eigenvalue weighted by atomic mass is 10.0. The first-order valence-electron chi connectivity index (χ1n) is 5.89. The average molecular weight is 340 g/mol. The molecule has 0 aliphatic heterocycles. The maximum absolute atomic E-state index is 10.7. The lowest BCUT2D eigenvalue weighted by Gasteiger charge is -2.13. The van der Waals surface area contributed by atoms with E-state index in [0.717, 1.165) is 5.56 Å². The van der Waals surface area contributed by atoms with Crippen molar-refractivity contribution < 1.29 is 4.92 Å². The summed E-state index contributed by atoms with van der Waals surface area (Å²) < 4.78 is 2.31. The Balaban J connectivity index is 2.22. The van der Waals surface area contributed by atoms with E-state index >= 15 is 0 Å². The number of halogens is 1. The molecule has 0 fully saturated rings. The fraction of sp³-hybridized carbons (Fsp3) is 0.333. The predicted octanol–water partition coefficient (Wildman–Crippen LogP) is 2.19. The predicted molar refractivity (Wildman–Crippen MR) is 77.1 cm³/mol. The molecule has 1 heterocycles. The lowest BCUT2D eigenvalue weighted by molar-refractivity contribution is -0.384. The summed E-state index contributed by atoms with van der Waals surface area (Å²) in [6.45, 7) is 4.16. The summed E-state index contributed by atoms with van der Waals surface area (Å²) in [6, 6.07) is 4.63. The van der Waals surface area contributed by atoms with Crippen LogP contribution in [0.5, 0.6) is 0 Å². The van der Waals surface area contributed by atoms with E-state index in [1.165, 1.54) is 12.1 Å². The molecule has 1 aromatic heterocycles. The van der Waals surface area contributed by atoms with Crippen LogP contribution in [0.1, 0.15) is 25.1 Å². The Morgan fingerprint density at radius 3 is 2.70 bits per heavy atom. The zero-order valence-electron chi connectivity index (χ0n) is 11.1. The SMILES string of the molecule is CC(C)(N)c1cn(Cc2ccc([N+](=O)[O-])cc2Br)nn1. The number of benzene rings is 1. The minimum Gasteiger partial charge on any atom is -0.320 e. The van der Waals surface area contributed by atoms with E-state index < -0.39 is 10.5 Å². The van der Waals surface area contributed by atoms with E-state index in [2.05, 4.69) is 26.2 Å². The average Bonchev–Trinajstić information content (AvgIpc) is 2.80. The molecule has 1 aromatic carbocycles. The molecule has 0 unspecified atom stereocenters. The number of nitro benzene ring substituents is 1. The summed E-state index contributed by atoms with van der Waals surface area (Å²) in [5.74, 6) is 0. The molecule has 0 bridgehead atoms. The van der Waals surface area contributed by atoms with Gasteiger partial charge in [0.2, 0.25) is 0 Å². The Morgan fingerprint density at radius 2 is 2.20 bits per heavy atom. The molecular weight excluding hydrogens is 326 g/mol. The van der Waals surface area contributed by atoms with Gasteiger partial charge >= 0.3 is 0 Å². The monoisotopic (exact) mass is 339 g/mol. The first kappa shape index (κ1) is 14.6. The number of nitrogens with two attached hydrogens (primary N) is 1. The molecule has 2 aromatic rings. The summed E-state index contributed by atoms with van der Waals surface area (Å²) in [4.78, 5) is 10.2. The van der Waals surface area contributed by atoms with Crippen LogP contribution in [0.3, 0.4) is 0 Å². The highest BCUT2D eigenvalue weighted by Gasteiger charge is 2.18. The summed E-state index contributed by atoms with van der Waals surface area (Å²) in [5.41, 5.74) is 7.01. The van der Waals surface area contributed by atoms with Crippen molar-refractivity contribution in [2.75, 3.05) is 0 Å². The van der Waals surface area contributed by atoms with Gasteiger partial charge in [0.1, 0.15) is 5.69 Å². The van der Waals surface area contributed by atoms with Gasteiger partial charge in [-0.15, -0.1) is 5.10 Å². The van der Waals surface area contributed by atoms with E-state index in [4.69, 9.17) is 5.73 Å². The number of nitro groups is 1. The van der Waals surface area contributed by atoms with Crippen molar-refractivity contribution in [3.05, 3.63) is 50.2 Å². The second kappa shape index (κ2) is 5.29. The maximum atomic E-state index is 10.7. The van der Waals surface area contributed by atoms with Crippen LogP contribution in [0.2, 0.25) is 0 Å².